The fourth-order valence-corrected chi connectivity index (χ4v) is 2.45. The van der Waals surface area contributed by atoms with Crippen LogP contribution in [0.5, 0.6) is 0 Å². The van der Waals surface area contributed by atoms with E-state index >= 15 is 0 Å². The highest BCUT2D eigenvalue weighted by molar-refractivity contribution is 5.20. The molecule has 2 atom stereocenters. The van der Waals surface area contributed by atoms with Crippen molar-refractivity contribution in [3.8, 4) is 6.07 Å². The summed E-state index contributed by atoms with van der Waals surface area (Å²) in [4.78, 5) is 2.37. The van der Waals surface area contributed by atoms with E-state index in [1.165, 1.54) is 18.4 Å². The van der Waals surface area contributed by atoms with Crippen molar-refractivity contribution in [3.63, 3.8) is 0 Å². The molecule has 2 unspecified atom stereocenters. The van der Waals surface area contributed by atoms with Crippen molar-refractivity contribution in [2.75, 3.05) is 7.05 Å². The molecule has 1 aliphatic carbocycles. The minimum atomic E-state index is 0.233. The minimum absolute atomic E-state index is 0.233. The van der Waals surface area contributed by atoms with Gasteiger partial charge in [-0.15, -0.1) is 0 Å². The number of nitrogens with zero attached hydrogens (tertiary/aromatic N) is 2. The SMILES string of the molecule is CC(C1CC1)N(C)C(CC#N)c1ccccc1. The number of hydrogen-bond donors (Lipinski definition) is 0. The molecule has 0 aliphatic heterocycles. The van der Waals surface area contributed by atoms with E-state index in [4.69, 9.17) is 5.26 Å². The van der Waals surface area contributed by atoms with Crippen LogP contribution in [-0.2, 0) is 0 Å². The summed E-state index contributed by atoms with van der Waals surface area (Å²) in [7, 11) is 2.15. The molecule has 0 bridgehead atoms. The highest BCUT2D eigenvalue weighted by Crippen LogP contribution is 2.38. The van der Waals surface area contributed by atoms with E-state index in [0.29, 0.717) is 12.5 Å². The normalized spacial score (nSPS) is 18.7. The third-order valence-corrected chi connectivity index (χ3v) is 3.91. The highest BCUT2D eigenvalue weighted by atomic mass is 15.2. The largest absolute Gasteiger partial charge is 0.295 e. The lowest BCUT2D eigenvalue weighted by molar-refractivity contribution is 0.169. The van der Waals surface area contributed by atoms with E-state index in [1.54, 1.807) is 0 Å². The van der Waals surface area contributed by atoms with Crippen molar-refractivity contribution >= 4 is 0 Å². The van der Waals surface area contributed by atoms with Gasteiger partial charge < -0.3 is 0 Å². The van der Waals surface area contributed by atoms with Crippen LogP contribution in [0.25, 0.3) is 0 Å². The van der Waals surface area contributed by atoms with E-state index in [1.807, 2.05) is 6.07 Å². The number of rotatable bonds is 5. The number of nitriles is 1. The van der Waals surface area contributed by atoms with Crippen LogP contribution < -0.4 is 0 Å². The van der Waals surface area contributed by atoms with Gasteiger partial charge in [0.2, 0.25) is 0 Å². The highest BCUT2D eigenvalue weighted by Gasteiger charge is 2.33. The monoisotopic (exact) mass is 228 g/mol. The Kier molecular flexibility index (Phi) is 3.81. The molecule has 0 heterocycles. The maximum Gasteiger partial charge on any atom is 0.0641 e. The Morgan fingerprint density at radius 2 is 2.00 bits per heavy atom. The first kappa shape index (κ1) is 12.1. The van der Waals surface area contributed by atoms with Crippen molar-refractivity contribution in [1.82, 2.24) is 4.90 Å². The van der Waals surface area contributed by atoms with Gasteiger partial charge in [-0.05, 0) is 38.3 Å². The first-order valence-corrected chi connectivity index (χ1v) is 6.38. The first-order chi connectivity index (χ1) is 8.24. The second-order valence-electron chi connectivity index (χ2n) is 5.03. The summed E-state index contributed by atoms with van der Waals surface area (Å²) in [5.41, 5.74) is 1.25. The lowest BCUT2D eigenvalue weighted by atomic mass is 10.0. The maximum atomic E-state index is 9.01. The van der Waals surface area contributed by atoms with Crippen LogP contribution in [0.1, 0.15) is 37.8 Å². The van der Waals surface area contributed by atoms with Gasteiger partial charge in [-0.1, -0.05) is 30.3 Å². The molecule has 2 rings (SSSR count). The summed E-state index contributed by atoms with van der Waals surface area (Å²) >= 11 is 0. The molecule has 1 saturated carbocycles. The summed E-state index contributed by atoms with van der Waals surface area (Å²) < 4.78 is 0. The number of benzene rings is 1. The maximum absolute atomic E-state index is 9.01. The molecular formula is C15H20N2. The van der Waals surface area contributed by atoms with Crippen molar-refractivity contribution in [2.45, 2.75) is 38.3 Å². The molecule has 0 amide bonds. The van der Waals surface area contributed by atoms with Gasteiger partial charge in [-0.25, -0.2) is 0 Å². The minimum Gasteiger partial charge on any atom is -0.295 e. The predicted molar refractivity (Wildman–Crippen MR) is 69.4 cm³/mol. The summed E-state index contributed by atoms with van der Waals surface area (Å²) in [5.74, 6) is 0.838. The summed E-state index contributed by atoms with van der Waals surface area (Å²) in [5, 5.41) is 9.01. The summed E-state index contributed by atoms with van der Waals surface area (Å²) in [6, 6.07) is 13.5. The van der Waals surface area contributed by atoms with Gasteiger partial charge >= 0.3 is 0 Å². The topological polar surface area (TPSA) is 27.0 Å². The van der Waals surface area contributed by atoms with Gasteiger partial charge in [0.15, 0.2) is 0 Å². The molecule has 0 saturated heterocycles. The number of hydrogen-bond acceptors (Lipinski definition) is 2. The predicted octanol–water partition coefficient (Wildman–Crippen LogP) is 3.37. The third kappa shape index (κ3) is 2.87. The van der Waals surface area contributed by atoms with E-state index in [-0.39, 0.29) is 6.04 Å². The zero-order chi connectivity index (χ0) is 12.3. The Hall–Kier alpha value is -1.33. The molecule has 1 aliphatic rings. The molecular weight excluding hydrogens is 208 g/mol. The second-order valence-corrected chi connectivity index (χ2v) is 5.03. The average molecular weight is 228 g/mol. The van der Waals surface area contributed by atoms with Gasteiger partial charge in [-0.2, -0.15) is 5.26 Å². The van der Waals surface area contributed by atoms with E-state index in [9.17, 15) is 0 Å². The molecule has 1 aromatic carbocycles. The smallest absolute Gasteiger partial charge is 0.0641 e. The molecule has 0 N–H and O–H groups in total. The zero-order valence-corrected chi connectivity index (χ0v) is 10.6. The van der Waals surface area contributed by atoms with Crippen molar-refractivity contribution in [2.24, 2.45) is 5.92 Å². The first-order valence-electron chi connectivity index (χ1n) is 6.38. The summed E-state index contributed by atoms with van der Waals surface area (Å²) in [6.07, 6.45) is 3.26. The Bertz CT molecular complexity index is 389. The van der Waals surface area contributed by atoms with Crippen molar-refractivity contribution < 1.29 is 0 Å². The van der Waals surface area contributed by atoms with Crippen LogP contribution >= 0.6 is 0 Å². The van der Waals surface area contributed by atoms with Crippen LogP contribution in [0.3, 0.4) is 0 Å². The third-order valence-electron chi connectivity index (χ3n) is 3.91. The van der Waals surface area contributed by atoms with Crippen LogP contribution in [-0.4, -0.2) is 18.0 Å². The standard InChI is InChI=1S/C15H20N2/c1-12(13-8-9-13)17(2)15(10-11-16)14-6-4-3-5-7-14/h3-7,12-13,15H,8-10H2,1-2H3. The Labute approximate surface area is 104 Å². The van der Waals surface area contributed by atoms with E-state index in [2.05, 4.69) is 49.2 Å². The quantitative estimate of drug-likeness (QED) is 0.772. The zero-order valence-electron chi connectivity index (χ0n) is 10.6. The fourth-order valence-electron chi connectivity index (χ4n) is 2.45. The van der Waals surface area contributed by atoms with Gasteiger partial charge in [-0.3, -0.25) is 4.90 Å². The van der Waals surface area contributed by atoms with Crippen LogP contribution in [0.4, 0.5) is 0 Å². The second kappa shape index (κ2) is 5.33. The molecule has 0 aromatic heterocycles. The summed E-state index contributed by atoms with van der Waals surface area (Å²) in [6.45, 7) is 2.28. The van der Waals surface area contributed by atoms with Crippen molar-refractivity contribution in [1.29, 1.82) is 5.26 Å². The molecule has 90 valence electrons. The Balaban J connectivity index is 2.14. The van der Waals surface area contributed by atoms with Crippen LogP contribution in [0.2, 0.25) is 0 Å². The molecule has 17 heavy (non-hydrogen) atoms. The average Bonchev–Trinajstić information content (AvgIpc) is 3.19. The van der Waals surface area contributed by atoms with Crippen LogP contribution in [0.15, 0.2) is 30.3 Å². The molecule has 1 fully saturated rings. The lowest BCUT2D eigenvalue weighted by Crippen LogP contribution is -2.34. The fraction of sp³-hybridized carbons (Fsp3) is 0.533. The molecule has 1 aromatic rings. The Morgan fingerprint density at radius 1 is 1.35 bits per heavy atom. The van der Waals surface area contributed by atoms with Crippen molar-refractivity contribution in [3.05, 3.63) is 35.9 Å². The van der Waals surface area contributed by atoms with Gasteiger partial charge in [0.25, 0.3) is 0 Å². The molecule has 2 nitrogen and oxygen atoms in total. The van der Waals surface area contributed by atoms with E-state index < -0.39 is 0 Å². The lowest BCUT2D eigenvalue weighted by Gasteiger charge is -2.32. The molecule has 0 spiro atoms. The molecule has 2 heteroatoms. The van der Waals surface area contributed by atoms with Gasteiger partial charge in [0.05, 0.1) is 12.5 Å². The van der Waals surface area contributed by atoms with Gasteiger partial charge in [0.1, 0.15) is 0 Å². The Morgan fingerprint density at radius 3 is 2.53 bits per heavy atom. The van der Waals surface area contributed by atoms with Crippen LogP contribution in [0, 0.1) is 17.2 Å². The van der Waals surface area contributed by atoms with Gasteiger partial charge in [0, 0.05) is 12.1 Å². The van der Waals surface area contributed by atoms with E-state index in [0.717, 1.165) is 5.92 Å². The molecule has 0 radical (unpaired) electrons.